The van der Waals surface area contributed by atoms with Gasteiger partial charge in [0.25, 0.3) is 5.91 Å². The summed E-state index contributed by atoms with van der Waals surface area (Å²) < 4.78 is 0.773. The third-order valence-corrected chi connectivity index (χ3v) is 4.12. The van der Waals surface area contributed by atoms with E-state index < -0.39 is 0 Å². The lowest BCUT2D eigenvalue weighted by atomic mass is 9.95. The second kappa shape index (κ2) is 5.93. The van der Waals surface area contributed by atoms with Crippen molar-refractivity contribution in [1.82, 2.24) is 5.32 Å². The molecule has 0 saturated heterocycles. The van der Waals surface area contributed by atoms with Crippen LogP contribution in [-0.2, 0) is 0 Å². The van der Waals surface area contributed by atoms with Crippen LogP contribution in [0.3, 0.4) is 0 Å². The predicted molar refractivity (Wildman–Crippen MR) is 75.2 cm³/mol. The summed E-state index contributed by atoms with van der Waals surface area (Å²) in [6, 6.07) is 4.99. The largest absolute Gasteiger partial charge is 0.507 e. The Morgan fingerprint density at radius 2 is 2.00 bits per heavy atom. The van der Waals surface area contributed by atoms with Crippen molar-refractivity contribution < 1.29 is 9.90 Å². The predicted octanol–water partition coefficient (Wildman–Crippen LogP) is 3.43. The second-order valence-corrected chi connectivity index (χ2v) is 6.12. The molecule has 98 valence electrons. The van der Waals surface area contributed by atoms with E-state index in [9.17, 15) is 9.90 Å². The summed E-state index contributed by atoms with van der Waals surface area (Å²) in [4.78, 5) is 12.0. The molecule has 0 atom stereocenters. The number of carbonyl (C=O) groups is 1. The number of hydrogen-bond acceptors (Lipinski definition) is 2. The standard InChI is InChI=1S/C13H15BrClNO2/c14-8-1-6-12(17)11(7-8)13(18)16-10-4-2-9(15)3-5-10/h1,6-7,9-10,17H,2-5H2,(H,16,18). The molecule has 1 amide bonds. The Bertz CT molecular complexity index is 445. The van der Waals surface area contributed by atoms with E-state index in [2.05, 4.69) is 21.2 Å². The molecule has 3 nitrogen and oxygen atoms in total. The Hall–Kier alpha value is -0.740. The van der Waals surface area contributed by atoms with Crippen LogP contribution >= 0.6 is 27.5 Å². The van der Waals surface area contributed by atoms with Crippen molar-refractivity contribution in [2.45, 2.75) is 37.1 Å². The number of phenolic OH excluding ortho intramolecular Hbond substituents is 1. The average Bonchev–Trinajstić information content (AvgIpc) is 2.35. The van der Waals surface area contributed by atoms with Gasteiger partial charge in [0.15, 0.2) is 0 Å². The molecule has 0 aliphatic heterocycles. The Balaban J connectivity index is 2.01. The van der Waals surface area contributed by atoms with Crippen LogP contribution < -0.4 is 5.32 Å². The molecule has 0 heterocycles. The highest BCUT2D eigenvalue weighted by molar-refractivity contribution is 9.10. The summed E-state index contributed by atoms with van der Waals surface area (Å²) in [5.74, 6) is -0.228. The highest BCUT2D eigenvalue weighted by Gasteiger charge is 2.22. The first-order chi connectivity index (χ1) is 8.56. The number of phenols is 1. The Kier molecular flexibility index (Phi) is 4.51. The molecule has 0 spiro atoms. The monoisotopic (exact) mass is 331 g/mol. The lowest BCUT2D eigenvalue weighted by Crippen LogP contribution is -2.37. The van der Waals surface area contributed by atoms with Gasteiger partial charge in [-0.15, -0.1) is 11.6 Å². The van der Waals surface area contributed by atoms with Crippen molar-refractivity contribution in [1.29, 1.82) is 0 Å². The first-order valence-electron chi connectivity index (χ1n) is 5.99. The second-order valence-electron chi connectivity index (χ2n) is 4.58. The van der Waals surface area contributed by atoms with E-state index in [0.717, 1.165) is 30.2 Å². The van der Waals surface area contributed by atoms with Crippen molar-refractivity contribution in [2.24, 2.45) is 0 Å². The van der Waals surface area contributed by atoms with Crippen molar-refractivity contribution in [3.05, 3.63) is 28.2 Å². The van der Waals surface area contributed by atoms with E-state index in [1.54, 1.807) is 12.1 Å². The van der Waals surface area contributed by atoms with Gasteiger partial charge in [0.05, 0.1) is 5.56 Å². The van der Waals surface area contributed by atoms with Gasteiger partial charge in [0.1, 0.15) is 5.75 Å². The molecule has 2 rings (SSSR count). The molecule has 0 aromatic heterocycles. The number of nitrogens with one attached hydrogen (secondary N) is 1. The minimum atomic E-state index is -0.230. The molecule has 0 radical (unpaired) electrons. The number of amides is 1. The van der Waals surface area contributed by atoms with Crippen molar-refractivity contribution in [3.63, 3.8) is 0 Å². The summed E-state index contributed by atoms with van der Waals surface area (Å²) >= 11 is 9.31. The smallest absolute Gasteiger partial charge is 0.255 e. The molecule has 1 aromatic carbocycles. The highest BCUT2D eigenvalue weighted by atomic mass is 79.9. The van der Waals surface area contributed by atoms with E-state index in [1.165, 1.54) is 6.07 Å². The van der Waals surface area contributed by atoms with Gasteiger partial charge in [-0.2, -0.15) is 0 Å². The zero-order valence-corrected chi connectivity index (χ0v) is 12.2. The average molecular weight is 333 g/mol. The number of benzene rings is 1. The molecule has 1 aromatic rings. The van der Waals surface area contributed by atoms with Crippen LogP contribution in [0.2, 0.25) is 0 Å². The molecule has 1 saturated carbocycles. The lowest BCUT2D eigenvalue weighted by Gasteiger charge is -2.25. The fourth-order valence-electron chi connectivity index (χ4n) is 2.15. The number of halogens is 2. The number of aromatic hydroxyl groups is 1. The molecule has 0 unspecified atom stereocenters. The maximum absolute atomic E-state index is 12.0. The Morgan fingerprint density at radius 1 is 1.33 bits per heavy atom. The van der Waals surface area contributed by atoms with Gasteiger partial charge >= 0.3 is 0 Å². The molecule has 5 heteroatoms. The van der Waals surface area contributed by atoms with Gasteiger partial charge < -0.3 is 10.4 Å². The first kappa shape index (κ1) is 13.7. The Morgan fingerprint density at radius 3 is 2.67 bits per heavy atom. The number of alkyl halides is 1. The van der Waals surface area contributed by atoms with Gasteiger partial charge in [-0.3, -0.25) is 4.79 Å². The molecule has 1 aliphatic carbocycles. The molecule has 1 aliphatic rings. The van der Waals surface area contributed by atoms with Crippen molar-refractivity contribution in [2.75, 3.05) is 0 Å². The third-order valence-electron chi connectivity index (χ3n) is 3.20. The van der Waals surface area contributed by atoms with Gasteiger partial charge in [0, 0.05) is 15.9 Å². The Labute approximate surface area is 120 Å². The maximum Gasteiger partial charge on any atom is 0.255 e. The fourth-order valence-corrected chi connectivity index (χ4v) is 2.76. The van der Waals surface area contributed by atoms with Crippen LogP contribution in [-0.4, -0.2) is 22.4 Å². The molecule has 1 fully saturated rings. The topological polar surface area (TPSA) is 49.3 Å². The zero-order chi connectivity index (χ0) is 13.1. The SMILES string of the molecule is O=C(NC1CCC(Cl)CC1)c1cc(Br)ccc1O. The van der Waals surface area contributed by atoms with Crippen molar-refractivity contribution >= 4 is 33.4 Å². The van der Waals surface area contributed by atoms with Gasteiger partial charge in [-0.1, -0.05) is 15.9 Å². The van der Waals surface area contributed by atoms with E-state index in [0.29, 0.717) is 5.56 Å². The highest BCUT2D eigenvalue weighted by Crippen LogP contribution is 2.25. The zero-order valence-electron chi connectivity index (χ0n) is 9.83. The minimum absolute atomic E-state index is 0.00160. The fraction of sp³-hybridized carbons (Fsp3) is 0.462. The summed E-state index contributed by atoms with van der Waals surface area (Å²) in [5.41, 5.74) is 0.303. The van der Waals surface area contributed by atoms with Crippen LogP contribution in [0.1, 0.15) is 36.0 Å². The summed E-state index contributed by atoms with van der Waals surface area (Å²) in [6.07, 6.45) is 3.65. The quantitative estimate of drug-likeness (QED) is 0.815. The molecular weight excluding hydrogens is 318 g/mol. The maximum atomic E-state index is 12.0. The number of rotatable bonds is 2. The summed E-state index contributed by atoms with van der Waals surface area (Å²) in [5, 5.41) is 12.9. The summed E-state index contributed by atoms with van der Waals surface area (Å²) in [6.45, 7) is 0. The normalized spacial score (nSPS) is 23.7. The molecule has 18 heavy (non-hydrogen) atoms. The molecule has 2 N–H and O–H groups in total. The van der Waals surface area contributed by atoms with E-state index in [4.69, 9.17) is 11.6 Å². The van der Waals surface area contributed by atoms with E-state index in [-0.39, 0.29) is 23.1 Å². The summed E-state index contributed by atoms with van der Waals surface area (Å²) in [7, 11) is 0. The van der Waals surface area contributed by atoms with Crippen LogP contribution in [0, 0.1) is 0 Å². The van der Waals surface area contributed by atoms with Crippen LogP contribution in [0.5, 0.6) is 5.75 Å². The number of carbonyl (C=O) groups excluding carboxylic acids is 1. The van der Waals surface area contributed by atoms with Crippen molar-refractivity contribution in [3.8, 4) is 5.75 Å². The van der Waals surface area contributed by atoms with E-state index >= 15 is 0 Å². The van der Waals surface area contributed by atoms with Gasteiger partial charge in [-0.05, 0) is 43.9 Å². The van der Waals surface area contributed by atoms with Gasteiger partial charge in [-0.25, -0.2) is 0 Å². The van der Waals surface area contributed by atoms with Crippen LogP contribution in [0.4, 0.5) is 0 Å². The van der Waals surface area contributed by atoms with E-state index in [1.807, 2.05) is 0 Å². The van der Waals surface area contributed by atoms with Gasteiger partial charge in [0.2, 0.25) is 0 Å². The molecule has 0 bridgehead atoms. The minimum Gasteiger partial charge on any atom is -0.507 e. The first-order valence-corrected chi connectivity index (χ1v) is 7.22. The lowest BCUT2D eigenvalue weighted by molar-refractivity contribution is 0.0925. The van der Waals surface area contributed by atoms with Crippen LogP contribution in [0.15, 0.2) is 22.7 Å². The molecular formula is C13H15BrClNO2. The van der Waals surface area contributed by atoms with Crippen LogP contribution in [0.25, 0.3) is 0 Å². The number of hydrogen-bond donors (Lipinski definition) is 2. The third kappa shape index (κ3) is 3.39.